The van der Waals surface area contributed by atoms with Crippen molar-refractivity contribution >= 4 is 17.4 Å². The van der Waals surface area contributed by atoms with E-state index in [1.54, 1.807) is 18.3 Å². The lowest BCUT2D eigenvalue weighted by Gasteiger charge is -1.96. The third-order valence-electron chi connectivity index (χ3n) is 2.63. The highest BCUT2D eigenvalue weighted by Gasteiger charge is 2.12. The standard InChI is InChI=1S/C13H8ClFN4O/c14-9-5-7(1-2-10(9)15)12-18-13(20-19-12)8-3-4-17-11(16)6-8/h1-6H,(H2,16,17). The monoisotopic (exact) mass is 290 g/mol. The summed E-state index contributed by atoms with van der Waals surface area (Å²) in [5.41, 5.74) is 6.81. The van der Waals surface area contributed by atoms with Gasteiger partial charge in [0.1, 0.15) is 11.6 Å². The summed E-state index contributed by atoms with van der Waals surface area (Å²) in [5.74, 6) is 0.472. The molecule has 0 atom stereocenters. The minimum Gasteiger partial charge on any atom is -0.384 e. The fourth-order valence-electron chi connectivity index (χ4n) is 1.67. The van der Waals surface area contributed by atoms with E-state index in [1.165, 1.54) is 18.2 Å². The van der Waals surface area contributed by atoms with E-state index in [2.05, 4.69) is 15.1 Å². The van der Waals surface area contributed by atoms with Gasteiger partial charge in [0, 0.05) is 17.3 Å². The molecular formula is C13H8ClFN4O. The maximum absolute atomic E-state index is 13.1. The van der Waals surface area contributed by atoms with Crippen LogP contribution in [0, 0.1) is 5.82 Å². The molecule has 20 heavy (non-hydrogen) atoms. The fourth-order valence-corrected chi connectivity index (χ4v) is 1.86. The van der Waals surface area contributed by atoms with Crippen LogP contribution in [0.2, 0.25) is 5.02 Å². The molecule has 7 heteroatoms. The first-order valence-electron chi connectivity index (χ1n) is 5.64. The summed E-state index contributed by atoms with van der Waals surface area (Å²) in [7, 11) is 0. The Hall–Kier alpha value is -2.47. The van der Waals surface area contributed by atoms with Crippen molar-refractivity contribution in [2.45, 2.75) is 0 Å². The molecule has 0 spiro atoms. The van der Waals surface area contributed by atoms with Gasteiger partial charge in [-0.05, 0) is 30.3 Å². The summed E-state index contributed by atoms with van der Waals surface area (Å²) in [6.07, 6.45) is 1.54. The second-order valence-electron chi connectivity index (χ2n) is 4.02. The lowest BCUT2D eigenvalue weighted by atomic mass is 10.2. The van der Waals surface area contributed by atoms with Gasteiger partial charge in [0.2, 0.25) is 5.82 Å². The van der Waals surface area contributed by atoms with Gasteiger partial charge in [0.15, 0.2) is 0 Å². The molecule has 2 heterocycles. The van der Waals surface area contributed by atoms with Gasteiger partial charge in [-0.1, -0.05) is 16.8 Å². The van der Waals surface area contributed by atoms with Crippen molar-refractivity contribution in [1.29, 1.82) is 0 Å². The Bertz CT molecular complexity index is 775. The first-order valence-corrected chi connectivity index (χ1v) is 6.02. The van der Waals surface area contributed by atoms with Crippen molar-refractivity contribution in [2.24, 2.45) is 0 Å². The third kappa shape index (κ3) is 2.33. The van der Waals surface area contributed by atoms with Crippen molar-refractivity contribution in [3.63, 3.8) is 0 Å². The molecule has 0 radical (unpaired) electrons. The number of nitrogens with two attached hydrogens (primary N) is 1. The molecule has 3 rings (SSSR count). The maximum atomic E-state index is 13.1. The molecule has 2 N–H and O–H groups in total. The molecular weight excluding hydrogens is 283 g/mol. The van der Waals surface area contributed by atoms with E-state index in [0.717, 1.165) is 0 Å². The first-order chi connectivity index (χ1) is 9.63. The van der Waals surface area contributed by atoms with Crippen LogP contribution in [0.4, 0.5) is 10.2 Å². The van der Waals surface area contributed by atoms with Crippen LogP contribution in [0.25, 0.3) is 22.8 Å². The Balaban J connectivity index is 1.99. The minimum absolute atomic E-state index is 0.00186. The number of nitrogens with zero attached hydrogens (tertiary/aromatic N) is 3. The summed E-state index contributed by atoms with van der Waals surface area (Å²) in [5, 5.41) is 3.84. The molecule has 0 aliphatic rings. The number of rotatable bonds is 2. The lowest BCUT2D eigenvalue weighted by Crippen LogP contribution is -1.89. The number of aromatic nitrogens is 3. The van der Waals surface area contributed by atoms with Crippen molar-refractivity contribution in [2.75, 3.05) is 5.73 Å². The van der Waals surface area contributed by atoms with Crippen molar-refractivity contribution < 1.29 is 8.91 Å². The minimum atomic E-state index is -0.499. The Morgan fingerprint density at radius 3 is 2.75 bits per heavy atom. The molecule has 2 aromatic heterocycles. The van der Waals surface area contributed by atoms with E-state index in [-0.39, 0.29) is 5.02 Å². The van der Waals surface area contributed by atoms with Gasteiger partial charge < -0.3 is 10.3 Å². The molecule has 0 amide bonds. The predicted molar refractivity (Wildman–Crippen MR) is 72.3 cm³/mol. The van der Waals surface area contributed by atoms with E-state index < -0.39 is 5.82 Å². The zero-order valence-electron chi connectivity index (χ0n) is 10.0. The number of nitrogen functional groups attached to an aromatic ring is 1. The maximum Gasteiger partial charge on any atom is 0.258 e. The van der Waals surface area contributed by atoms with Crippen LogP contribution in [0.1, 0.15) is 0 Å². The predicted octanol–water partition coefficient (Wildman–Crippen LogP) is 3.17. The highest BCUT2D eigenvalue weighted by molar-refractivity contribution is 6.31. The summed E-state index contributed by atoms with van der Waals surface area (Å²) >= 11 is 5.72. The molecule has 0 fully saturated rings. The van der Waals surface area contributed by atoms with Crippen LogP contribution in [-0.2, 0) is 0 Å². The highest BCUT2D eigenvalue weighted by Crippen LogP contribution is 2.25. The smallest absolute Gasteiger partial charge is 0.258 e. The van der Waals surface area contributed by atoms with Crippen LogP contribution in [-0.4, -0.2) is 15.1 Å². The van der Waals surface area contributed by atoms with Crippen LogP contribution < -0.4 is 5.73 Å². The largest absolute Gasteiger partial charge is 0.384 e. The number of hydrogen-bond donors (Lipinski definition) is 1. The molecule has 0 bridgehead atoms. The number of hydrogen-bond acceptors (Lipinski definition) is 5. The van der Waals surface area contributed by atoms with Gasteiger partial charge in [-0.15, -0.1) is 0 Å². The average molecular weight is 291 g/mol. The Kier molecular flexibility index (Phi) is 3.08. The van der Waals surface area contributed by atoms with Gasteiger partial charge in [0.05, 0.1) is 5.02 Å². The van der Waals surface area contributed by atoms with Crippen molar-refractivity contribution in [3.8, 4) is 22.8 Å². The Morgan fingerprint density at radius 1 is 1.15 bits per heavy atom. The first kappa shape index (κ1) is 12.6. The Morgan fingerprint density at radius 2 is 2.00 bits per heavy atom. The molecule has 1 aromatic carbocycles. The van der Waals surface area contributed by atoms with E-state index in [0.29, 0.717) is 28.7 Å². The van der Waals surface area contributed by atoms with E-state index in [4.69, 9.17) is 21.9 Å². The van der Waals surface area contributed by atoms with E-state index >= 15 is 0 Å². The molecule has 5 nitrogen and oxygen atoms in total. The van der Waals surface area contributed by atoms with Crippen LogP contribution in [0.15, 0.2) is 41.1 Å². The molecule has 0 aliphatic carbocycles. The SMILES string of the molecule is Nc1cc(-c2nc(-c3ccc(F)c(Cl)c3)no2)ccn1. The number of anilines is 1. The highest BCUT2D eigenvalue weighted by atomic mass is 35.5. The quantitative estimate of drug-likeness (QED) is 0.784. The summed E-state index contributed by atoms with van der Waals surface area (Å²) in [6.45, 7) is 0. The number of benzene rings is 1. The second kappa shape index (κ2) is 4.90. The second-order valence-corrected chi connectivity index (χ2v) is 4.43. The Labute approximate surface area is 118 Å². The van der Waals surface area contributed by atoms with Crippen LogP contribution in [0.3, 0.4) is 0 Å². The van der Waals surface area contributed by atoms with E-state index in [9.17, 15) is 4.39 Å². The topological polar surface area (TPSA) is 77.8 Å². The molecule has 0 unspecified atom stereocenters. The van der Waals surface area contributed by atoms with Crippen molar-refractivity contribution in [1.82, 2.24) is 15.1 Å². The van der Waals surface area contributed by atoms with Gasteiger partial charge >= 0.3 is 0 Å². The van der Waals surface area contributed by atoms with Gasteiger partial charge in [-0.3, -0.25) is 0 Å². The lowest BCUT2D eigenvalue weighted by molar-refractivity contribution is 0.432. The summed E-state index contributed by atoms with van der Waals surface area (Å²) in [4.78, 5) is 8.10. The molecule has 0 saturated carbocycles. The average Bonchev–Trinajstić information content (AvgIpc) is 2.92. The molecule has 0 saturated heterocycles. The van der Waals surface area contributed by atoms with E-state index in [1.807, 2.05) is 0 Å². The van der Waals surface area contributed by atoms with Crippen LogP contribution in [0.5, 0.6) is 0 Å². The zero-order valence-corrected chi connectivity index (χ0v) is 10.8. The summed E-state index contributed by atoms with van der Waals surface area (Å²) in [6, 6.07) is 7.53. The van der Waals surface area contributed by atoms with Crippen molar-refractivity contribution in [3.05, 3.63) is 47.4 Å². The third-order valence-corrected chi connectivity index (χ3v) is 2.92. The van der Waals surface area contributed by atoms with Gasteiger partial charge in [0.25, 0.3) is 5.89 Å². The van der Waals surface area contributed by atoms with Crippen LogP contribution >= 0.6 is 11.6 Å². The fraction of sp³-hybridized carbons (Fsp3) is 0. The number of halogens is 2. The molecule has 0 aliphatic heterocycles. The molecule has 100 valence electrons. The number of pyridine rings is 1. The van der Waals surface area contributed by atoms with Gasteiger partial charge in [-0.2, -0.15) is 4.98 Å². The molecule has 3 aromatic rings. The van der Waals surface area contributed by atoms with Gasteiger partial charge in [-0.25, -0.2) is 9.37 Å². The normalized spacial score (nSPS) is 10.7. The summed E-state index contributed by atoms with van der Waals surface area (Å²) < 4.78 is 18.3. The zero-order chi connectivity index (χ0) is 14.1.